The van der Waals surface area contributed by atoms with Gasteiger partial charge in [0.1, 0.15) is 0 Å². The van der Waals surface area contributed by atoms with Gasteiger partial charge in [-0.1, -0.05) is 55.5 Å². The third-order valence-electron chi connectivity index (χ3n) is 4.10. The van der Waals surface area contributed by atoms with Crippen LogP contribution >= 0.6 is 0 Å². The van der Waals surface area contributed by atoms with Crippen molar-refractivity contribution in [2.45, 2.75) is 19.8 Å². The molecule has 5 heteroatoms. The molecule has 26 heavy (non-hydrogen) atoms. The van der Waals surface area contributed by atoms with Gasteiger partial charge in [0.2, 0.25) is 0 Å². The highest BCUT2D eigenvalue weighted by Gasteiger charge is 2.08. The number of hydrogen-bond donors (Lipinski definition) is 2. The van der Waals surface area contributed by atoms with E-state index in [-0.39, 0.29) is 5.91 Å². The van der Waals surface area contributed by atoms with Gasteiger partial charge in [0.05, 0.1) is 0 Å². The van der Waals surface area contributed by atoms with E-state index in [1.807, 2.05) is 48.5 Å². The van der Waals surface area contributed by atoms with Gasteiger partial charge in [0.15, 0.2) is 11.5 Å². The second-order valence-electron chi connectivity index (χ2n) is 5.93. The van der Waals surface area contributed by atoms with Crippen molar-refractivity contribution in [1.29, 1.82) is 0 Å². The highest BCUT2D eigenvalue weighted by molar-refractivity contribution is 5.92. The van der Waals surface area contributed by atoms with Crippen LogP contribution in [0.15, 0.2) is 66.7 Å². The molecule has 3 aromatic rings. The van der Waals surface area contributed by atoms with Crippen molar-refractivity contribution in [2.75, 3.05) is 11.9 Å². The molecule has 5 nitrogen and oxygen atoms in total. The largest absolute Gasteiger partial charge is 0.350 e. The van der Waals surface area contributed by atoms with Crippen LogP contribution in [0.2, 0.25) is 0 Å². The molecule has 132 valence electrons. The first-order valence-corrected chi connectivity index (χ1v) is 8.77. The lowest BCUT2D eigenvalue weighted by Crippen LogP contribution is -2.26. The van der Waals surface area contributed by atoms with Gasteiger partial charge in [-0.3, -0.25) is 4.79 Å². The fraction of sp³-hybridized carbons (Fsp3) is 0.190. The second-order valence-corrected chi connectivity index (χ2v) is 5.93. The average Bonchev–Trinajstić information content (AvgIpc) is 2.70. The van der Waals surface area contributed by atoms with Crippen LogP contribution in [0.3, 0.4) is 0 Å². The summed E-state index contributed by atoms with van der Waals surface area (Å²) in [5, 5.41) is 14.3. The first kappa shape index (κ1) is 17.6. The monoisotopic (exact) mass is 346 g/mol. The zero-order valence-corrected chi connectivity index (χ0v) is 14.8. The van der Waals surface area contributed by atoms with Crippen molar-refractivity contribution in [3.63, 3.8) is 0 Å². The van der Waals surface area contributed by atoms with Crippen LogP contribution in [0.5, 0.6) is 0 Å². The smallest absolute Gasteiger partial charge is 0.271 e. The third-order valence-corrected chi connectivity index (χ3v) is 4.10. The maximum atomic E-state index is 12.2. The number of benzene rings is 2. The maximum Gasteiger partial charge on any atom is 0.271 e. The molecule has 0 aliphatic carbocycles. The van der Waals surface area contributed by atoms with Crippen LogP contribution in [-0.4, -0.2) is 22.6 Å². The molecule has 2 aromatic carbocycles. The van der Waals surface area contributed by atoms with E-state index in [0.29, 0.717) is 18.1 Å². The number of hydrogen-bond acceptors (Lipinski definition) is 4. The molecule has 1 amide bonds. The number of amides is 1. The summed E-state index contributed by atoms with van der Waals surface area (Å²) in [6, 6.07) is 21.6. The zero-order chi connectivity index (χ0) is 18.2. The fourth-order valence-corrected chi connectivity index (χ4v) is 2.66. The van der Waals surface area contributed by atoms with Crippen LogP contribution in [0.4, 0.5) is 11.5 Å². The van der Waals surface area contributed by atoms with Gasteiger partial charge in [-0.05, 0) is 42.2 Å². The van der Waals surface area contributed by atoms with Crippen molar-refractivity contribution in [2.24, 2.45) is 0 Å². The quantitative estimate of drug-likeness (QED) is 0.684. The predicted octanol–water partition coefficient (Wildman–Crippen LogP) is 3.76. The summed E-state index contributed by atoms with van der Waals surface area (Å²) in [5.74, 6) is 0.403. The number of anilines is 2. The minimum absolute atomic E-state index is 0.214. The second kappa shape index (κ2) is 8.76. The molecule has 0 aliphatic rings. The van der Waals surface area contributed by atoms with Crippen molar-refractivity contribution < 1.29 is 4.79 Å². The summed E-state index contributed by atoms with van der Waals surface area (Å²) in [6.07, 6.45) is 1.71. The standard InChI is InChI=1S/C21H22N4O/c1-2-17-10-6-7-11-18(17)23-20-13-12-19(24-25-20)21(26)22-15-14-16-8-4-3-5-9-16/h3-13H,2,14-15H2,1H3,(H,22,26)(H,23,25). The number of para-hydroxylation sites is 1. The molecule has 0 unspecified atom stereocenters. The lowest BCUT2D eigenvalue weighted by molar-refractivity contribution is 0.0948. The number of carbonyl (C=O) groups is 1. The molecule has 0 bridgehead atoms. The Morgan fingerprint density at radius 1 is 0.923 bits per heavy atom. The van der Waals surface area contributed by atoms with Gasteiger partial charge in [-0.2, -0.15) is 0 Å². The van der Waals surface area contributed by atoms with E-state index in [1.54, 1.807) is 12.1 Å². The Kier molecular flexibility index (Phi) is 5.93. The van der Waals surface area contributed by atoms with E-state index in [0.717, 1.165) is 18.5 Å². The summed E-state index contributed by atoms with van der Waals surface area (Å²) in [7, 11) is 0. The van der Waals surface area contributed by atoms with Crippen LogP contribution in [0.25, 0.3) is 0 Å². The van der Waals surface area contributed by atoms with Crippen LogP contribution in [0.1, 0.15) is 28.5 Å². The fourth-order valence-electron chi connectivity index (χ4n) is 2.66. The number of aryl methyl sites for hydroxylation is 1. The van der Waals surface area contributed by atoms with Crippen molar-refractivity contribution >= 4 is 17.4 Å². The Labute approximate surface area is 153 Å². The molecule has 0 fully saturated rings. The van der Waals surface area contributed by atoms with Gasteiger partial charge < -0.3 is 10.6 Å². The zero-order valence-electron chi connectivity index (χ0n) is 14.8. The lowest BCUT2D eigenvalue weighted by atomic mass is 10.1. The Hall–Kier alpha value is -3.21. The SMILES string of the molecule is CCc1ccccc1Nc1ccc(C(=O)NCCc2ccccc2)nn1. The molecular weight excluding hydrogens is 324 g/mol. The van der Waals surface area contributed by atoms with Gasteiger partial charge in [-0.25, -0.2) is 0 Å². The molecule has 1 aromatic heterocycles. The van der Waals surface area contributed by atoms with Crippen LogP contribution in [-0.2, 0) is 12.8 Å². The Balaban J connectivity index is 1.56. The molecular formula is C21H22N4O. The first-order chi connectivity index (χ1) is 12.8. The van der Waals surface area contributed by atoms with Crippen molar-refractivity contribution in [3.05, 3.63) is 83.6 Å². The Morgan fingerprint density at radius 3 is 2.42 bits per heavy atom. The summed E-state index contributed by atoms with van der Waals surface area (Å²) in [4.78, 5) is 12.2. The highest BCUT2D eigenvalue weighted by Crippen LogP contribution is 2.19. The third kappa shape index (κ3) is 4.66. The van der Waals surface area contributed by atoms with E-state index >= 15 is 0 Å². The molecule has 0 spiro atoms. The normalized spacial score (nSPS) is 10.3. The molecule has 0 saturated heterocycles. The predicted molar refractivity (Wildman–Crippen MR) is 104 cm³/mol. The van der Waals surface area contributed by atoms with Gasteiger partial charge in [-0.15, -0.1) is 10.2 Å². The molecule has 0 radical (unpaired) electrons. The van der Waals surface area contributed by atoms with Crippen LogP contribution in [0, 0.1) is 0 Å². The molecule has 0 saturated carbocycles. The Bertz CT molecular complexity index is 847. The molecule has 2 N–H and O–H groups in total. The summed E-state index contributed by atoms with van der Waals surface area (Å²) in [5.41, 5.74) is 3.71. The van der Waals surface area contributed by atoms with Crippen LogP contribution < -0.4 is 10.6 Å². The molecule has 1 heterocycles. The van der Waals surface area contributed by atoms with E-state index in [9.17, 15) is 4.79 Å². The maximum absolute atomic E-state index is 12.2. The van der Waals surface area contributed by atoms with E-state index in [4.69, 9.17) is 0 Å². The lowest BCUT2D eigenvalue weighted by Gasteiger charge is -2.10. The molecule has 3 rings (SSSR count). The van der Waals surface area contributed by atoms with Crippen molar-refractivity contribution in [1.82, 2.24) is 15.5 Å². The summed E-state index contributed by atoms with van der Waals surface area (Å²) < 4.78 is 0. The molecule has 0 aliphatic heterocycles. The molecule has 0 atom stereocenters. The van der Waals surface area contributed by atoms with E-state index in [2.05, 4.69) is 33.8 Å². The van der Waals surface area contributed by atoms with Crippen molar-refractivity contribution in [3.8, 4) is 0 Å². The average molecular weight is 346 g/mol. The Morgan fingerprint density at radius 2 is 1.69 bits per heavy atom. The van der Waals surface area contributed by atoms with Gasteiger partial charge >= 0.3 is 0 Å². The minimum atomic E-state index is -0.214. The summed E-state index contributed by atoms with van der Waals surface area (Å²) in [6.45, 7) is 2.67. The summed E-state index contributed by atoms with van der Waals surface area (Å²) >= 11 is 0. The number of carbonyl (C=O) groups excluding carboxylic acids is 1. The highest BCUT2D eigenvalue weighted by atomic mass is 16.1. The van der Waals surface area contributed by atoms with Gasteiger partial charge in [0, 0.05) is 12.2 Å². The van der Waals surface area contributed by atoms with Gasteiger partial charge in [0.25, 0.3) is 5.91 Å². The van der Waals surface area contributed by atoms with E-state index in [1.165, 1.54) is 11.1 Å². The number of rotatable bonds is 7. The number of nitrogens with zero attached hydrogens (tertiary/aromatic N) is 2. The number of nitrogens with one attached hydrogen (secondary N) is 2. The minimum Gasteiger partial charge on any atom is -0.350 e. The number of aromatic nitrogens is 2. The first-order valence-electron chi connectivity index (χ1n) is 8.77. The topological polar surface area (TPSA) is 66.9 Å². The van der Waals surface area contributed by atoms with E-state index < -0.39 is 0 Å².